The van der Waals surface area contributed by atoms with Gasteiger partial charge in [0.1, 0.15) is 18.2 Å². The Bertz CT molecular complexity index is 697. The number of carbonyl (C=O) groups excluding carboxylic acids is 1. The van der Waals surface area contributed by atoms with Crippen LogP contribution in [-0.4, -0.2) is 53.7 Å². The van der Waals surface area contributed by atoms with Gasteiger partial charge in [-0.05, 0) is 37.5 Å². The predicted octanol–water partition coefficient (Wildman–Crippen LogP) is 2.25. The van der Waals surface area contributed by atoms with E-state index in [0.717, 1.165) is 25.9 Å². The fraction of sp³-hybridized carbons (Fsp3) is 0.529. The average Bonchev–Trinajstić information content (AvgIpc) is 2.97. The molecule has 1 aromatic carbocycles. The number of imidazole rings is 1. The van der Waals surface area contributed by atoms with Gasteiger partial charge in [-0.25, -0.2) is 9.37 Å². The minimum atomic E-state index is -0.319. The van der Waals surface area contributed by atoms with E-state index in [1.807, 2.05) is 0 Å². The lowest BCUT2D eigenvalue weighted by atomic mass is 10.1. The molecule has 1 aliphatic heterocycles. The third-order valence-electron chi connectivity index (χ3n) is 4.11. The molecule has 0 radical (unpaired) electrons. The number of nitrogens with zero attached hydrogens (tertiary/aromatic N) is 2. The van der Waals surface area contributed by atoms with Crippen LogP contribution in [0.15, 0.2) is 18.2 Å². The molecule has 1 aromatic heterocycles. The molecule has 3 rings (SSSR count). The quantitative estimate of drug-likeness (QED) is 0.879. The maximum absolute atomic E-state index is 13.2. The molecule has 1 fully saturated rings. The third-order valence-corrected chi connectivity index (χ3v) is 4.11. The lowest BCUT2D eigenvalue weighted by Crippen LogP contribution is -2.32. The van der Waals surface area contributed by atoms with Crippen molar-refractivity contribution in [3.8, 4) is 0 Å². The van der Waals surface area contributed by atoms with Gasteiger partial charge >= 0.3 is 0 Å². The summed E-state index contributed by atoms with van der Waals surface area (Å²) < 4.78 is 24.2. The molecule has 1 aliphatic rings. The summed E-state index contributed by atoms with van der Waals surface area (Å²) in [7, 11) is 1.69. The maximum Gasteiger partial charge on any atom is 0.248 e. The number of hydrogen-bond donors (Lipinski definition) is 1. The number of carbonyl (C=O) groups is 1. The van der Waals surface area contributed by atoms with Crippen LogP contribution >= 0.6 is 0 Å². The monoisotopic (exact) mass is 335 g/mol. The molecule has 130 valence electrons. The molecule has 1 atom stereocenters. The lowest BCUT2D eigenvalue weighted by molar-refractivity contribution is -0.137. The number of H-pyrrole nitrogens is 1. The van der Waals surface area contributed by atoms with Gasteiger partial charge in [0.25, 0.3) is 0 Å². The fourth-order valence-electron chi connectivity index (χ4n) is 2.75. The first-order valence-electron chi connectivity index (χ1n) is 8.19. The number of rotatable bonds is 6. The van der Waals surface area contributed by atoms with Gasteiger partial charge in [0.15, 0.2) is 0 Å². The molecule has 0 saturated carbocycles. The summed E-state index contributed by atoms with van der Waals surface area (Å²) in [5, 5.41) is 0. The number of aromatic nitrogens is 2. The van der Waals surface area contributed by atoms with E-state index in [1.165, 1.54) is 17.0 Å². The van der Waals surface area contributed by atoms with E-state index >= 15 is 0 Å². The first kappa shape index (κ1) is 16.9. The van der Waals surface area contributed by atoms with Gasteiger partial charge in [-0.1, -0.05) is 0 Å². The Morgan fingerprint density at radius 1 is 1.50 bits per heavy atom. The third kappa shape index (κ3) is 4.30. The van der Waals surface area contributed by atoms with Gasteiger partial charge in [0.05, 0.1) is 30.3 Å². The van der Waals surface area contributed by atoms with E-state index in [9.17, 15) is 9.18 Å². The van der Waals surface area contributed by atoms with Crippen molar-refractivity contribution in [2.75, 3.05) is 26.9 Å². The van der Waals surface area contributed by atoms with E-state index < -0.39 is 0 Å². The standard InChI is InChI=1S/C17H22FN3O3/c1-21(17(22)11-23-10-13-4-2-3-7-24-13)9-16-19-14-6-5-12(18)8-15(14)20-16/h5-6,8,13H,2-4,7,9-11H2,1H3,(H,19,20)/t13-/m1/s1. The van der Waals surface area contributed by atoms with Crippen LogP contribution in [0.5, 0.6) is 0 Å². The van der Waals surface area contributed by atoms with Crippen LogP contribution in [0.4, 0.5) is 4.39 Å². The van der Waals surface area contributed by atoms with Crippen molar-refractivity contribution in [2.45, 2.75) is 31.9 Å². The summed E-state index contributed by atoms with van der Waals surface area (Å²) in [6.07, 6.45) is 3.33. The number of nitrogens with one attached hydrogen (secondary N) is 1. The Labute approximate surface area is 139 Å². The Balaban J connectivity index is 1.47. The molecule has 1 saturated heterocycles. The molecule has 24 heavy (non-hydrogen) atoms. The molecule has 2 heterocycles. The zero-order valence-electron chi connectivity index (χ0n) is 13.8. The van der Waals surface area contributed by atoms with E-state index in [0.29, 0.717) is 30.0 Å². The predicted molar refractivity (Wildman–Crippen MR) is 86.9 cm³/mol. The van der Waals surface area contributed by atoms with Crippen molar-refractivity contribution in [3.63, 3.8) is 0 Å². The zero-order chi connectivity index (χ0) is 16.9. The second-order valence-electron chi connectivity index (χ2n) is 6.10. The molecule has 0 spiro atoms. The zero-order valence-corrected chi connectivity index (χ0v) is 13.8. The lowest BCUT2D eigenvalue weighted by Gasteiger charge is -2.22. The van der Waals surface area contributed by atoms with Gasteiger partial charge in [-0.2, -0.15) is 0 Å². The van der Waals surface area contributed by atoms with E-state index in [-0.39, 0.29) is 24.4 Å². The SMILES string of the molecule is CN(Cc1nc2ccc(F)cc2[nH]1)C(=O)COC[C@H]1CCCCO1. The molecule has 1 amide bonds. The topological polar surface area (TPSA) is 67.5 Å². The van der Waals surface area contributed by atoms with Crippen LogP contribution in [0, 0.1) is 5.82 Å². The number of likely N-dealkylation sites (N-methyl/N-ethyl adjacent to an activating group) is 1. The Morgan fingerprint density at radius 2 is 2.38 bits per heavy atom. The number of ether oxygens (including phenoxy) is 2. The first-order valence-corrected chi connectivity index (χ1v) is 8.19. The molecule has 0 unspecified atom stereocenters. The first-order chi connectivity index (χ1) is 11.6. The maximum atomic E-state index is 13.2. The number of fused-ring (bicyclic) bond motifs is 1. The number of aromatic amines is 1. The Morgan fingerprint density at radius 3 is 3.17 bits per heavy atom. The van der Waals surface area contributed by atoms with Crippen LogP contribution < -0.4 is 0 Å². The van der Waals surface area contributed by atoms with E-state index in [1.54, 1.807) is 13.1 Å². The number of halogens is 1. The van der Waals surface area contributed by atoms with Gasteiger partial charge in [-0.15, -0.1) is 0 Å². The second kappa shape index (κ2) is 7.72. The fourth-order valence-corrected chi connectivity index (χ4v) is 2.75. The van der Waals surface area contributed by atoms with Crippen molar-refractivity contribution in [3.05, 3.63) is 29.8 Å². The highest BCUT2D eigenvalue weighted by Crippen LogP contribution is 2.14. The van der Waals surface area contributed by atoms with Crippen LogP contribution in [0.3, 0.4) is 0 Å². The van der Waals surface area contributed by atoms with Gasteiger partial charge in [0, 0.05) is 13.7 Å². The molecule has 0 aliphatic carbocycles. The molecule has 0 bridgehead atoms. The largest absolute Gasteiger partial charge is 0.376 e. The number of hydrogen-bond acceptors (Lipinski definition) is 4. The second-order valence-corrected chi connectivity index (χ2v) is 6.10. The molecule has 7 heteroatoms. The van der Waals surface area contributed by atoms with Crippen molar-refractivity contribution in [1.82, 2.24) is 14.9 Å². The highest BCUT2D eigenvalue weighted by atomic mass is 19.1. The number of amides is 1. The smallest absolute Gasteiger partial charge is 0.248 e. The summed E-state index contributed by atoms with van der Waals surface area (Å²) in [5.41, 5.74) is 1.30. The number of benzene rings is 1. The summed E-state index contributed by atoms with van der Waals surface area (Å²) in [5.74, 6) is 0.167. The summed E-state index contributed by atoms with van der Waals surface area (Å²) in [6, 6.07) is 4.36. The summed E-state index contributed by atoms with van der Waals surface area (Å²) in [6.45, 7) is 1.56. The average molecular weight is 335 g/mol. The van der Waals surface area contributed by atoms with Crippen LogP contribution in [0.2, 0.25) is 0 Å². The highest BCUT2D eigenvalue weighted by molar-refractivity contribution is 5.77. The van der Waals surface area contributed by atoms with Crippen molar-refractivity contribution in [1.29, 1.82) is 0 Å². The Hall–Kier alpha value is -1.99. The normalized spacial score (nSPS) is 18.0. The molecule has 2 aromatic rings. The van der Waals surface area contributed by atoms with Gasteiger partial charge < -0.3 is 19.4 Å². The highest BCUT2D eigenvalue weighted by Gasteiger charge is 2.16. The molecule has 1 N–H and O–H groups in total. The van der Waals surface area contributed by atoms with Crippen molar-refractivity contribution < 1.29 is 18.7 Å². The molecular formula is C17H22FN3O3. The van der Waals surface area contributed by atoms with Gasteiger partial charge in [-0.3, -0.25) is 4.79 Å². The van der Waals surface area contributed by atoms with Crippen molar-refractivity contribution in [2.24, 2.45) is 0 Å². The molecule has 6 nitrogen and oxygen atoms in total. The van der Waals surface area contributed by atoms with Crippen LogP contribution in [0.1, 0.15) is 25.1 Å². The van der Waals surface area contributed by atoms with Crippen LogP contribution in [-0.2, 0) is 20.8 Å². The molecular weight excluding hydrogens is 313 g/mol. The van der Waals surface area contributed by atoms with Crippen LogP contribution in [0.25, 0.3) is 11.0 Å². The van der Waals surface area contributed by atoms with Gasteiger partial charge in [0.2, 0.25) is 5.91 Å². The Kier molecular flexibility index (Phi) is 5.42. The summed E-state index contributed by atoms with van der Waals surface area (Å²) >= 11 is 0. The van der Waals surface area contributed by atoms with E-state index in [2.05, 4.69) is 9.97 Å². The van der Waals surface area contributed by atoms with E-state index in [4.69, 9.17) is 9.47 Å². The van der Waals surface area contributed by atoms with Crippen molar-refractivity contribution >= 4 is 16.9 Å². The summed E-state index contributed by atoms with van der Waals surface area (Å²) in [4.78, 5) is 21.0. The minimum absolute atomic E-state index is 0.0191. The minimum Gasteiger partial charge on any atom is -0.376 e.